The highest BCUT2D eigenvalue weighted by atomic mass is 31.2. The number of nitrogens with one attached hydrogen (secondary N) is 1. The summed E-state index contributed by atoms with van der Waals surface area (Å²) >= 11 is 0. The van der Waals surface area contributed by atoms with E-state index in [0.29, 0.717) is 30.0 Å². The zero-order valence-corrected chi connectivity index (χ0v) is 32.1. The molecule has 0 radical (unpaired) electrons. The van der Waals surface area contributed by atoms with Crippen LogP contribution in [0.25, 0.3) is 0 Å². The molecule has 4 rings (SSSR count). The molecule has 0 aliphatic carbocycles. The van der Waals surface area contributed by atoms with E-state index in [9.17, 15) is 47.9 Å². The fraction of sp³-hybridized carbons (Fsp3) is 0.417. The number of ketones is 2. The van der Waals surface area contributed by atoms with Crippen LogP contribution in [0.15, 0.2) is 72.9 Å². The van der Waals surface area contributed by atoms with Crippen molar-refractivity contribution in [3.63, 3.8) is 0 Å². The molecule has 54 heavy (non-hydrogen) atoms. The number of anilines is 1. The highest BCUT2D eigenvalue weighted by molar-refractivity contribution is 7.70. The van der Waals surface area contributed by atoms with E-state index in [4.69, 9.17) is 9.31 Å². The first-order chi connectivity index (χ1) is 25.4. The maximum Gasteiger partial charge on any atom is 0.618 e. The van der Waals surface area contributed by atoms with E-state index in [1.165, 1.54) is 11.1 Å². The fourth-order valence-electron chi connectivity index (χ4n) is 6.04. The van der Waals surface area contributed by atoms with Crippen molar-refractivity contribution in [1.29, 1.82) is 0 Å². The number of carbonyl (C=O) groups excluding carboxylic acids is 4. The zero-order chi connectivity index (χ0) is 39.6. The average molecular weight is 786 g/mol. The van der Waals surface area contributed by atoms with Crippen molar-refractivity contribution in [2.75, 3.05) is 11.9 Å². The molecular formula is C36H46BN3O12P2. The number of hydrogen-bond acceptors (Lipinski definition) is 9. The van der Waals surface area contributed by atoms with Crippen LogP contribution in [0.2, 0.25) is 0 Å². The summed E-state index contributed by atoms with van der Waals surface area (Å²) in [5.74, 6) is -1.95. The van der Waals surface area contributed by atoms with Crippen LogP contribution in [0.1, 0.15) is 74.8 Å². The molecule has 1 aliphatic rings. The van der Waals surface area contributed by atoms with Gasteiger partial charge in [0.15, 0.2) is 11.2 Å². The van der Waals surface area contributed by atoms with Crippen molar-refractivity contribution in [1.82, 2.24) is 10.3 Å². The van der Waals surface area contributed by atoms with Gasteiger partial charge in [-0.2, -0.15) is 0 Å². The Hall–Kier alpha value is -4.17. The predicted molar refractivity (Wildman–Crippen MR) is 201 cm³/mol. The van der Waals surface area contributed by atoms with Gasteiger partial charge in [0.25, 0.3) is 0 Å². The Morgan fingerprint density at radius 2 is 1.50 bits per heavy atom. The van der Waals surface area contributed by atoms with Gasteiger partial charge in [0.2, 0.25) is 11.8 Å². The van der Waals surface area contributed by atoms with Gasteiger partial charge in [-0.3, -0.25) is 33.3 Å². The van der Waals surface area contributed by atoms with Crippen LogP contribution in [-0.2, 0) is 29.9 Å². The van der Waals surface area contributed by atoms with E-state index in [1.807, 2.05) is 44.2 Å². The molecule has 2 amide bonds. The molecule has 1 aliphatic heterocycles. The number of aromatic nitrogens is 1. The van der Waals surface area contributed by atoms with Crippen molar-refractivity contribution >= 4 is 51.4 Å². The minimum atomic E-state index is -5.21. The molecule has 1 aromatic heterocycles. The number of fused-ring (bicyclic) bond motifs is 1. The summed E-state index contributed by atoms with van der Waals surface area (Å²) in [7, 11) is -9.74. The SMILES string of the molecule is CC(C)C[C@@H](NC(=O)[C@H](CC(=O)c1ccccn1)Cc1ccccc1)B1Oc2ccc(N(C)C(=O)CCCCC(=O)CC(P(=O)(O)O)P(=O)(O)O)cc2O1. The Morgan fingerprint density at radius 3 is 2.13 bits per heavy atom. The van der Waals surface area contributed by atoms with Crippen molar-refractivity contribution < 1.29 is 57.2 Å². The second-order valence-corrected chi connectivity index (χ2v) is 17.8. The molecule has 0 spiro atoms. The molecule has 2 heterocycles. The molecule has 0 bridgehead atoms. The van der Waals surface area contributed by atoms with Gasteiger partial charge < -0.3 is 39.1 Å². The maximum atomic E-state index is 13.9. The molecule has 0 unspecified atom stereocenters. The zero-order valence-electron chi connectivity index (χ0n) is 30.3. The van der Waals surface area contributed by atoms with Crippen molar-refractivity contribution in [2.24, 2.45) is 11.8 Å². The standard InChI is InChI=1S/C36H46BN3O12P2/c1-24(2)19-33(39-36(44)26(20-25-11-5-4-6-12-25)21-30(42)29-14-9-10-18-38-29)37-51-31-17-16-27(22-32(31)52-37)40(3)34(43)15-8-7-13-28(41)23-35(53(45,46)47)54(48,49)50/h4-6,9-12,14,16-18,22,24,26,33,35H,7-8,13,15,19-21,23H2,1-3H3,(H,39,44)(H2,45,46,47)(H2,48,49,50)/t26-,33+/m0/s1. The Bertz CT molecular complexity index is 1850. The smallest absolute Gasteiger partial charge is 0.522 e. The third-order valence-corrected chi connectivity index (χ3v) is 12.6. The van der Waals surface area contributed by atoms with Gasteiger partial charge in [-0.05, 0) is 61.4 Å². The molecule has 18 heteroatoms. The van der Waals surface area contributed by atoms with E-state index in [1.54, 1.807) is 43.4 Å². The van der Waals surface area contributed by atoms with Crippen LogP contribution in [0.5, 0.6) is 11.5 Å². The highest BCUT2D eigenvalue weighted by Gasteiger charge is 2.45. The van der Waals surface area contributed by atoms with Gasteiger partial charge in [0.05, 0.1) is 5.94 Å². The third-order valence-electron chi connectivity index (χ3n) is 8.92. The maximum absolute atomic E-state index is 13.9. The highest BCUT2D eigenvalue weighted by Crippen LogP contribution is 2.61. The molecule has 2 atom stereocenters. The van der Waals surface area contributed by atoms with Crippen molar-refractivity contribution in [2.45, 2.75) is 76.6 Å². The van der Waals surface area contributed by atoms with Gasteiger partial charge in [-0.25, -0.2) is 0 Å². The Labute approximate surface area is 314 Å². The first-order valence-electron chi connectivity index (χ1n) is 17.6. The second-order valence-electron chi connectivity index (χ2n) is 13.8. The number of pyridine rings is 1. The van der Waals surface area contributed by atoms with Crippen LogP contribution in [0.4, 0.5) is 5.69 Å². The number of carbonyl (C=O) groups is 4. The monoisotopic (exact) mass is 785 g/mol. The average Bonchev–Trinajstić information content (AvgIpc) is 3.55. The summed E-state index contributed by atoms with van der Waals surface area (Å²) in [5.41, 5.74) is 1.68. The summed E-state index contributed by atoms with van der Waals surface area (Å²) in [5, 5.41) is 0.701. The summed E-state index contributed by atoms with van der Waals surface area (Å²) in [4.78, 5) is 94.8. The quantitative estimate of drug-likeness (QED) is 0.0453. The Kier molecular flexibility index (Phi) is 14.9. The van der Waals surface area contributed by atoms with Gasteiger partial charge in [0.1, 0.15) is 23.0 Å². The van der Waals surface area contributed by atoms with Crippen LogP contribution in [-0.4, -0.2) is 73.4 Å². The number of rotatable bonds is 20. The van der Waals surface area contributed by atoms with Gasteiger partial charge in [0, 0.05) is 56.6 Å². The lowest BCUT2D eigenvalue weighted by Crippen LogP contribution is -2.53. The van der Waals surface area contributed by atoms with Crippen LogP contribution >= 0.6 is 15.2 Å². The molecular weight excluding hydrogens is 739 g/mol. The summed E-state index contributed by atoms with van der Waals surface area (Å²) in [6.45, 7) is 4.01. The van der Waals surface area contributed by atoms with Crippen molar-refractivity contribution in [3.05, 3.63) is 84.2 Å². The van der Waals surface area contributed by atoms with Gasteiger partial charge in [-0.15, -0.1) is 0 Å². The first-order valence-corrected chi connectivity index (χ1v) is 20.9. The fourth-order valence-corrected chi connectivity index (χ4v) is 8.49. The first kappa shape index (κ1) is 42.6. The topological polar surface area (TPSA) is 230 Å². The number of hydrogen-bond donors (Lipinski definition) is 5. The second kappa shape index (κ2) is 18.9. The number of nitrogens with zero attached hydrogens (tertiary/aromatic N) is 2. The molecule has 3 aromatic rings. The van der Waals surface area contributed by atoms with E-state index < -0.39 is 51.8 Å². The molecule has 5 N–H and O–H groups in total. The molecule has 0 fully saturated rings. The third kappa shape index (κ3) is 12.4. The largest absolute Gasteiger partial charge is 0.618 e. The van der Waals surface area contributed by atoms with E-state index in [-0.39, 0.29) is 61.3 Å². The van der Waals surface area contributed by atoms with Crippen LogP contribution in [0.3, 0.4) is 0 Å². The Balaban J connectivity index is 1.37. The predicted octanol–water partition coefficient (Wildman–Crippen LogP) is 4.71. The van der Waals surface area contributed by atoms with Crippen LogP contribution < -0.4 is 19.5 Å². The molecule has 290 valence electrons. The number of unbranched alkanes of at least 4 members (excludes halogenated alkanes) is 1. The van der Waals surface area contributed by atoms with E-state index in [2.05, 4.69) is 10.3 Å². The lowest BCUT2D eigenvalue weighted by Gasteiger charge is -2.24. The van der Waals surface area contributed by atoms with Gasteiger partial charge >= 0.3 is 22.3 Å². The van der Waals surface area contributed by atoms with Crippen LogP contribution in [0, 0.1) is 11.8 Å². The minimum absolute atomic E-state index is 0.0245. The number of Topliss-reactive ketones (excluding diaryl/α,β-unsaturated/α-hetero) is 2. The normalized spacial score (nSPS) is 13.8. The van der Waals surface area contributed by atoms with Crippen molar-refractivity contribution in [3.8, 4) is 11.5 Å². The summed E-state index contributed by atoms with van der Waals surface area (Å²) in [6, 6.07) is 19.5. The minimum Gasteiger partial charge on any atom is -0.522 e. The van der Waals surface area contributed by atoms with Gasteiger partial charge in [-0.1, -0.05) is 50.2 Å². The Morgan fingerprint density at radius 1 is 0.852 bits per heavy atom. The number of amides is 2. The lowest BCUT2D eigenvalue weighted by molar-refractivity contribution is -0.125. The molecule has 2 aromatic carbocycles. The molecule has 0 saturated carbocycles. The van der Waals surface area contributed by atoms with E-state index in [0.717, 1.165) is 5.56 Å². The van der Waals surface area contributed by atoms with E-state index >= 15 is 0 Å². The number of benzene rings is 2. The molecule has 15 nitrogen and oxygen atoms in total. The summed E-state index contributed by atoms with van der Waals surface area (Å²) < 4.78 is 35.2. The lowest BCUT2D eigenvalue weighted by atomic mass is 9.73. The summed E-state index contributed by atoms with van der Waals surface area (Å²) in [6.07, 6.45) is 1.58. The molecule has 0 saturated heterocycles.